The van der Waals surface area contributed by atoms with Crippen molar-refractivity contribution < 1.29 is 4.74 Å². The van der Waals surface area contributed by atoms with Crippen molar-refractivity contribution in [1.82, 2.24) is 24.9 Å². The van der Waals surface area contributed by atoms with Gasteiger partial charge in [0.2, 0.25) is 0 Å². The Morgan fingerprint density at radius 3 is 2.54 bits per heavy atom. The zero-order valence-corrected chi connectivity index (χ0v) is 15.0. The molecule has 3 aromatic heterocycles. The molecule has 0 saturated heterocycles. The van der Waals surface area contributed by atoms with E-state index in [1.54, 1.807) is 36.7 Å². The van der Waals surface area contributed by atoms with E-state index in [0.29, 0.717) is 38.6 Å². The topological polar surface area (TPSA) is 88.6 Å². The van der Waals surface area contributed by atoms with E-state index in [-0.39, 0.29) is 6.01 Å². The fraction of sp³-hybridized carbons (Fsp3) is 0.0588. The number of fused-ring (bicyclic) bond motifs is 1. The average molecular weight is 387 g/mol. The van der Waals surface area contributed by atoms with E-state index in [1.165, 1.54) is 7.11 Å². The average Bonchev–Trinajstić information content (AvgIpc) is 3.06. The molecule has 0 fully saturated rings. The summed E-state index contributed by atoms with van der Waals surface area (Å²) in [6.45, 7) is 0. The first-order valence-electron chi connectivity index (χ1n) is 7.59. The molecular formula is C17H12Cl2N6O. The first-order chi connectivity index (χ1) is 12.7. The molecule has 130 valence electrons. The highest BCUT2D eigenvalue weighted by Gasteiger charge is 2.15. The number of hydrogen-bond acceptors (Lipinski definition) is 6. The van der Waals surface area contributed by atoms with Crippen molar-refractivity contribution in [2.75, 3.05) is 12.4 Å². The summed E-state index contributed by atoms with van der Waals surface area (Å²) in [4.78, 5) is 20.4. The van der Waals surface area contributed by atoms with Crippen LogP contribution in [0.3, 0.4) is 0 Å². The minimum Gasteiger partial charge on any atom is -0.467 e. The van der Waals surface area contributed by atoms with Crippen LogP contribution in [-0.4, -0.2) is 32.0 Å². The predicted octanol–water partition coefficient (Wildman–Crippen LogP) is 4.47. The monoisotopic (exact) mass is 386 g/mol. The van der Waals surface area contributed by atoms with E-state index >= 15 is 0 Å². The molecule has 26 heavy (non-hydrogen) atoms. The number of nitrogens with one attached hydrogen (secondary N) is 2. The van der Waals surface area contributed by atoms with Gasteiger partial charge in [0.1, 0.15) is 17.2 Å². The normalized spacial score (nSPS) is 10.9. The number of hydrogen-bond donors (Lipinski definition) is 2. The quantitative estimate of drug-likeness (QED) is 0.537. The zero-order chi connectivity index (χ0) is 18.1. The number of aromatic nitrogens is 5. The van der Waals surface area contributed by atoms with Crippen molar-refractivity contribution >= 4 is 45.9 Å². The Kier molecular flexibility index (Phi) is 4.32. The highest BCUT2D eigenvalue weighted by atomic mass is 35.5. The molecule has 1 aromatic carbocycles. The van der Waals surface area contributed by atoms with Gasteiger partial charge >= 0.3 is 6.01 Å². The Morgan fingerprint density at radius 2 is 1.77 bits per heavy atom. The number of aromatic amines is 1. The molecule has 0 aliphatic carbocycles. The van der Waals surface area contributed by atoms with E-state index in [9.17, 15) is 0 Å². The van der Waals surface area contributed by atoms with Crippen LogP contribution in [0.2, 0.25) is 10.0 Å². The SMILES string of the molecule is COc1nccc(Nc2nccc3[nH]c(-c4c(Cl)cccc4Cl)nc23)n1. The summed E-state index contributed by atoms with van der Waals surface area (Å²) in [5.41, 5.74) is 2.06. The molecule has 0 unspecified atom stereocenters. The molecule has 9 heteroatoms. The van der Waals surface area contributed by atoms with Gasteiger partial charge in [0.15, 0.2) is 5.82 Å². The summed E-state index contributed by atoms with van der Waals surface area (Å²) < 4.78 is 5.03. The highest BCUT2D eigenvalue weighted by Crippen LogP contribution is 2.34. The van der Waals surface area contributed by atoms with E-state index < -0.39 is 0 Å². The lowest BCUT2D eigenvalue weighted by Crippen LogP contribution is -1.99. The lowest BCUT2D eigenvalue weighted by atomic mass is 10.2. The first kappa shape index (κ1) is 16.6. The number of imidazole rings is 1. The van der Waals surface area contributed by atoms with Gasteiger partial charge in [-0.2, -0.15) is 4.98 Å². The zero-order valence-electron chi connectivity index (χ0n) is 13.5. The number of H-pyrrole nitrogens is 1. The lowest BCUT2D eigenvalue weighted by molar-refractivity contribution is 0.380. The van der Waals surface area contributed by atoms with Crippen LogP contribution in [0.15, 0.2) is 42.7 Å². The maximum atomic E-state index is 6.29. The predicted molar refractivity (Wildman–Crippen MR) is 101 cm³/mol. The van der Waals surface area contributed by atoms with Crippen molar-refractivity contribution in [3.63, 3.8) is 0 Å². The minimum atomic E-state index is 0.257. The first-order valence-corrected chi connectivity index (χ1v) is 8.34. The summed E-state index contributed by atoms with van der Waals surface area (Å²) in [5, 5.41) is 4.15. The van der Waals surface area contributed by atoms with Crippen LogP contribution in [0, 0.1) is 0 Å². The smallest absolute Gasteiger partial charge is 0.318 e. The molecule has 0 amide bonds. The highest BCUT2D eigenvalue weighted by molar-refractivity contribution is 6.39. The molecule has 2 N–H and O–H groups in total. The van der Waals surface area contributed by atoms with Gasteiger partial charge in [0, 0.05) is 12.4 Å². The van der Waals surface area contributed by atoms with Gasteiger partial charge < -0.3 is 15.0 Å². The van der Waals surface area contributed by atoms with Crippen molar-refractivity contribution in [2.24, 2.45) is 0 Å². The number of anilines is 2. The number of nitrogens with zero attached hydrogens (tertiary/aromatic N) is 4. The van der Waals surface area contributed by atoms with Gasteiger partial charge in [-0.3, -0.25) is 0 Å². The molecule has 4 aromatic rings. The van der Waals surface area contributed by atoms with Crippen LogP contribution in [0.25, 0.3) is 22.4 Å². The van der Waals surface area contributed by atoms with Gasteiger partial charge in [0.25, 0.3) is 0 Å². The lowest BCUT2D eigenvalue weighted by Gasteiger charge is -2.05. The molecule has 7 nitrogen and oxygen atoms in total. The fourth-order valence-corrected chi connectivity index (χ4v) is 3.08. The fourth-order valence-electron chi connectivity index (χ4n) is 2.50. The molecule has 0 bridgehead atoms. The maximum Gasteiger partial charge on any atom is 0.318 e. The third kappa shape index (κ3) is 3.02. The third-order valence-corrected chi connectivity index (χ3v) is 4.29. The molecule has 0 spiro atoms. The number of benzene rings is 1. The molecule has 4 rings (SSSR count). The second kappa shape index (κ2) is 6.78. The minimum absolute atomic E-state index is 0.257. The molecule has 0 atom stereocenters. The molecule has 0 aliphatic heterocycles. The maximum absolute atomic E-state index is 6.29. The van der Waals surface area contributed by atoms with E-state index in [1.807, 2.05) is 6.07 Å². The molecule has 0 aliphatic rings. The van der Waals surface area contributed by atoms with Crippen molar-refractivity contribution in [1.29, 1.82) is 0 Å². The second-order valence-corrected chi connectivity index (χ2v) is 6.11. The van der Waals surface area contributed by atoms with E-state index in [0.717, 1.165) is 5.52 Å². The largest absolute Gasteiger partial charge is 0.467 e. The van der Waals surface area contributed by atoms with Gasteiger partial charge in [-0.1, -0.05) is 29.3 Å². The van der Waals surface area contributed by atoms with Crippen LogP contribution in [0.4, 0.5) is 11.6 Å². The van der Waals surface area contributed by atoms with Crippen LogP contribution < -0.4 is 10.1 Å². The summed E-state index contributed by atoms with van der Waals surface area (Å²) >= 11 is 12.6. The van der Waals surface area contributed by atoms with Crippen LogP contribution in [0.5, 0.6) is 6.01 Å². The Morgan fingerprint density at radius 1 is 1.00 bits per heavy atom. The summed E-state index contributed by atoms with van der Waals surface area (Å²) in [5.74, 6) is 1.64. The van der Waals surface area contributed by atoms with Crippen LogP contribution in [-0.2, 0) is 0 Å². The summed E-state index contributed by atoms with van der Waals surface area (Å²) in [7, 11) is 1.51. The second-order valence-electron chi connectivity index (χ2n) is 5.29. The number of methoxy groups -OCH3 is 1. The molecule has 0 saturated carbocycles. The van der Waals surface area contributed by atoms with Crippen molar-refractivity contribution in [2.45, 2.75) is 0 Å². The number of rotatable bonds is 4. The molecular weight excluding hydrogens is 375 g/mol. The Bertz CT molecular complexity index is 1080. The molecule has 3 heterocycles. The van der Waals surface area contributed by atoms with Gasteiger partial charge in [-0.25, -0.2) is 15.0 Å². The van der Waals surface area contributed by atoms with Gasteiger partial charge in [0.05, 0.1) is 28.2 Å². The number of pyridine rings is 1. The number of halogens is 2. The van der Waals surface area contributed by atoms with E-state index in [4.69, 9.17) is 27.9 Å². The van der Waals surface area contributed by atoms with Crippen LogP contribution >= 0.6 is 23.2 Å². The number of ether oxygens (including phenoxy) is 1. The van der Waals surface area contributed by atoms with Crippen molar-refractivity contribution in [3.8, 4) is 17.4 Å². The summed E-state index contributed by atoms with van der Waals surface area (Å²) in [6, 6.07) is 9.10. The standard InChI is InChI=1S/C17H12Cl2N6O/c1-26-17-21-8-6-12(24-17)23-16-14-11(5-7-20-16)22-15(25-14)13-9(18)3-2-4-10(13)19/h2-8H,1H3,(H,22,25)(H,20,21,23,24). The van der Waals surface area contributed by atoms with E-state index in [2.05, 4.69) is 30.2 Å². The summed E-state index contributed by atoms with van der Waals surface area (Å²) in [6.07, 6.45) is 3.26. The Labute approximate surface area is 158 Å². The van der Waals surface area contributed by atoms with Crippen LogP contribution in [0.1, 0.15) is 0 Å². The van der Waals surface area contributed by atoms with Gasteiger partial charge in [-0.15, -0.1) is 0 Å². The Balaban J connectivity index is 1.79. The third-order valence-electron chi connectivity index (χ3n) is 3.66. The van der Waals surface area contributed by atoms with Crippen molar-refractivity contribution in [3.05, 3.63) is 52.8 Å². The molecule has 0 radical (unpaired) electrons. The van der Waals surface area contributed by atoms with Gasteiger partial charge in [-0.05, 0) is 24.3 Å². The Hall–Kier alpha value is -2.90.